The number of ether oxygens (including phenoxy) is 1. The summed E-state index contributed by atoms with van der Waals surface area (Å²) in [6.07, 6.45) is 4.19. The van der Waals surface area contributed by atoms with Gasteiger partial charge in [0.2, 0.25) is 5.91 Å². The highest BCUT2D eigenvalue weighted by Gasteiger charge is 2.09. The Bertz CT molecular complexity index is 938. The number of carbonyl (C=O) groups excluding carboxylic acids is 1. The molecule has 3 aromatic rings. The van der Waals surface area contributed by atoms with Gasteiger partial charge in [-0.15, -0.1) is 0 Å². The molecule has 2 aromatic carbocycles. The lowest BCUT2D eigenvalue weighted by Crippen LogP contribution is -2.21. The van der Waals surface area contributed by atoms with Crippen LogP contribution in [0.2, 0.25) is 10.0 Å². The summed E-state index contributed by atoms with van der Waals surface area (Å²) in [5.74, 6) is 0.338. The van der Waals surface area contributed by atoms with Gasteiger partial charge in [0.05, 0.1) is 17.3 Å². The molecular weight excluding hydrogens is 409 g/mol. The Hall–Kier alpha value is -2.89. The van der Waals surface area contributed by atoms with Crippen molar-refractivity contribution in [3.8, 4) is 5.75 Å². The van der Waals surface area contributed by atoms with Gasteiger partial charge in [0.25, 0.3) is 0 Å². The summed E-state index contributed by atoms with van der Waals surface area (Å²) in [4.78, 5) is 16.3. The van der Waals surface area contributed by atoms with Crippen LogP contribution in [0, 0.1) is 0 Å². The fourth-order valence-electron chi connectivity index (χ4n) is 2.58. The van der Waals surface area contributed by atoms with Crippen molar-refractivity contribution in [3.05, 3.63) is 94.2 Å². The second-order valence-electron chi connectivity index (χ2n) is 6.13. The van der Waals surface area contributed by atoms with Crippen molar-refractivity contribution in [1.82, 2.24) is 10.4 Å². The first-order chi connectivity index (χ1) is 14.1. The number of rotatable bonds is 8. The van der Waals surface area contributed by atoms with Crippen LogP contribution in [-0.4, -0.2) is 23.2 Å². The number of halogens is 2. The van der Waals surface area contributed by atoms with E-state index in [0.29, 0.717) is 34.5 Å². The van der Waals surface area contributed by atoms with E-state index in [1.54, 1.807) is 30.6 Å². The summed E-state index contributed by atoms with van der Waals surface area (Å²) in [7, 11) is 0. The topological polar surface area (TPSA) is 63.6 Å². The van der Waals surface area contributed by atoms with Gasteiger partial charge in [0.1, 0.15) is 5.75 Å². The molecule has 3 rings (SSSR count). The second-order valence-corrected chi connectivity index (χ2v) is 6.97. The van der Waals surface area contributed by atoms with Crippen LogP contribution in [0.4, 0.5) is 0 Å². The first-order valence-corrected chi connectivity index (χ1v) is 9.79. The molecule has 1 amide bonds. The molecule has 1 heterocycles. The van der Waals surface area contributed by atoms with E-state index < -0.39 is 0 Å². The number of nitrogens with one attached hydrogen (secondary N) is 1. The van der Waals surface area contributed by atoms with Gasteiger partial charge in [0.15, 0.2) is 0 Å². The molecule has 1 aromatic heterocycles. The average Bonchev–Trinajstić information content (AvgIpc) is 2.74. The molecule has 1 N–H and O–H groups in total. The molecule has 0 fully saturated rings. The molecule has 5 nitrogen and oxygen atoms in total. The number of hydrazone groups is 1. The molecule has 0 saturated carbocycles. The van der Waals surface area contributed by atoms with Crippen LogP contribution in [-0.2, 0) is 4.79 Å². The van der Waals surface area contributed by atoms with E-state index >= 15 is 0 Å². The highest BCUT2D eigenvalue weighted by atomic mass is 35.5. The zero-order valence-electron chi connectivity index (χ0n) is 15.5. The van der Waals surface area contributed by atoms with Crippen molar-refractivity contribution < 1.29 is 9.53 Å². The Morgan fingerprint density at radius 2 is 1.83 bits per heavy atom. The number of benzene rings is 2. The van der Waals surface area contributed by atoms with Gasteiger partial charge in [0, 0.05) is 35.0 Å². The van der Waals surface area contributed by atoms with E-state index in [2.05, 4.69) is 15.5 Å². The minimum Gasteiger partial charge on any atom is -0.492 e. The van der Waals surface area contributed by atoms with Crippen LogP contribution in [0.1, 0.15) is 24.0 Å². The van der Waals surface area contributed by atoms with E-state index in [0.717, 1.165) is 11.1 Å². The normalized spacial score (nSPS) is 11.2. The van der Waals surface area contributed by atoms with E-state index in [4.69, 9.17) is 27.9 Å². The molecule has 29 heavy (non-hydrogen) atoms. The zero-order chi connectivity index (χ0) is 20.5. The van der Waals surface area contributed by atoms with Gasteiger partial charge < -0.3 is 4.74 Å². The molecule has 148 valence electrons. The number of hydrogen-bond acceptors (Lipinski definition) is 4. The Kier molecular flexibility index (Phi) is 7.61. The second kappa shape index (κ2) is 10.6. The van der Waals surface area contributed by atoms with Gasteiger partial charge in [-0.2, -0.15) is 5.10 Å². The molecule has 0 aliphatic heterocycles. The molecule has 7 heteroatoms. The predicted molar refractivity (Wildman–Crippen MR) is 116 cm³/mol. The van der Waals surface area contributed by atoms with Crippen molar-refractivity contribution in [2.24, 2.45) is 5.10 Å². The van der Waals surface area contributed by atoms with E-state index in [1.807, 2.05) is 42.5 Å². The van der Waals surface area contributed by atoms with Gasteiger partial charge in [-0.1, -0.05) is 53.5 Å². The third kappa shape index (κ3) is 6.31. The quantitative estimate of drug-likeness (QED) is 0.308. The highest BCUT2D eigenvalue weighted by molar-refractivity contribution is 6.35. The van der Waals surface area contributed by atoms with Crippen LogP contribution in [0.5, 0.6) is 5.75 Å². The monoisotopic (exact) mass is 427 g/mol. The lowest BCUT2D eigenvalue weighted by molar-refractivity contribution is -0.121. The Balaban J connectivity index is 1.56. The van der Waals surface area contributed by atoms with E-state index in [-0.39, 0.29) is 12.3 Å². The molecular formula is C22H19Cl2N3O2. The van der Waals surface area contributed by atoms with Crippen molar-refractivity contribution in [2.45, 2.75) is 12.8 Å². The number of carbonyl (C=O) groups is 1. The molecule has 0 spiro atoms. The first-order valence-electron chi connectivity index (χ1n) is 9.03. The number of pyridine rings is 1. The minimum atomic E-state index is -0.201. The lowest BCUT2D eigenvalue weighted by atomic mass is 10.0. The fourth-order valence-corrected chi connectivity index (χ4v) is 3.04. The summed E-state index contributed by atoms with van der Waals surface area (Å²) >= 11 is 11.9. The molecule has 0 saturated heterocycles. The Morgan fingerprint density at radius 1 is 1.03 bits per heavy atom. The number of amides is 1. The van der Waals surface area contributed by atoms with Gasteiger partial charge in [-0.05, 0) is 36.8 Å². The van der Waals surface area contributed by atoms with Crippen LogP contribution in [0.3, 0.4) is 0 Å². The largest absolute Gasteiger partial charge is 0.492 e. The van der Waals surface area contributed by atoms with Crippen molar-refractivity contribution in [1.29, 1.82) is 0 Å². The molecule has 0 atom stereocenters. The average molecular weight is 428 g/mol. The van der Waals surface area contributed by atoms with Crippen LogP contribution in [0.15, 0.2) is 78.2 Å². The molecule has 0 bridgehead atoms. The third-order valence-electron chi connectivity index (χ3n) is 3.97. The molecule has 0 aliphatic carbocycles. The maximum atomic E-state index is 12.2. The van der Waals surface area contributed by atoms with E-state index in [1.165, 1.54) is 0 Å². The maximum Gasteiger partial charge on any atom is 0.240 e. The first kappa shape index (κ1) is 20.8. The van der Waals surface area contributed by atoms with Crippen LogP contribution < -0.4 is 10.2 Å². The Labute approximate surface area is 179 Å². The predicted octanol–water partition coefficient (Wildman–Crippen LogP) is 5.12. The summed E-state index contributed by atoms with van der Waals surface area (Å²) in [5.41, 5.74) is 4.98. The smallest absolute Gasteiger partial charge is 0.240 e. The van der Waals surface area contributed by atoms with E-state index in [9.17, 15) is 4.79 Å². The highest BCUT2D eigenvalue weighted by Crippen LogP contribution is 2.27. The lowest BCUT2D eigenvalue weighted by Gasteiger charge is -2.09. The third-order valence-corrected chi connectivity index (χ3v) is 4.50. The molecule has 0 radical (unpaired) electrons. The standard InChI is InChI=1S/C22H19Cl2N3O2/c23-18-10-11-20(19(24)14-18)29-13-5-9-21(28)26-27-22(16-6-2-1-3-7-16)17-8-4-12-25-15-17/h1-4,6-8,10-12,14-15H,5,9,13H2,(H,26,28)/b27-22-. The number of nitrogens with zero attached hydrogens (tertiary/aromatic N) is 2. The van der Waals surface area contributed by atoms with Crippen LogP contribution >= 0.6 is 23.2 Å². The van der Waals surface area contributed by atoms with Gasteiger partial charge in [-0.25, -0.2) is 5.43 Å². The van der Waals surface area contributed by atoms with Gasteiger partial charge in [-0.3, -0.25) is 9.78 Å². The SMILES string of the molecule is O=C(CCCOc1ccc(Cl)cc1Cl)N/N=C(/c1ccccc1)c1cccnc1. The zero-order valence-corrected chi connectivity index (χ0v) is 17.0. The maximum absolute atomic E-state index is 12.2. The summed E-state index contributed by atoms with van der Waals surface area (Å²) < 4.78 is 5.59. The van der Waals surface area contributed by atoms with Crippen molar-refractivity contribution >= 4 is 34.8 Å². The molecule has 0 aliphatic rings. The number of aromatic nitrogens is 1. The minimum absolute atomic E-state index is 0.201. The fraction of sp³-hybridized carbons (Fsp3) is 0.136. The molecule has 0 unspecified atom stereocenters. The number of hydrogen-bond donors (Lipinski definition) is 1. The van der Waals surface area contributed by atoms with Crippen molar-refractivity contribution in [3.63, 3.8) is 0 Å². The summed E-state index contributed by atoms with van der Waals surface area (Å²) in [6, 6.07) is 18.4. The van der Waals surface area contributed by atoms with Crippen LogP contribution in [0.25, 0.3) is 0 Å². The summed E-state index contributed by atoms with van der Waals surface area (Å²) in [6.45, 7) is 0.354. The van der Waals surface area contributed by atoms with Crippen molar-refractivity contribution in [2.75, 3.05) is 6.61 Å². The Morgan fingerprint density at radius 3 is 2.55 bits per heavy atom. The van der Waals surface area contributed by atoms with Gasteiger partial charge >= 0.3 is 0 Å². The summed E-state index contributed by atoms with van der Waals surface area (Å²) in [5, 5.41) is 5.31.